The van der Waals surface area contributed by atoms with Crippen molar-refractivity contribution in [2.45, 2.75) is 53.1 Å². The molecule has 3 aromatic rings. The number of hydrogen-bond donors (Lipinski definition) is 1. The first-order chi connectivity index (χ1) is 19.4. The van der Waals surface area contributed by atoms with Gasteiger partial charge in [-0.05, 0) is 84.8 Å². The summed E-state index contributed by atoms with van der Waals surface area (Å²) in [6.07, 6.45) is 0.981. The minimum absolute atomic E-state index is 0.0140. The Balaban J connectivity index is 1.67. The Kier molecular flexibility index (Phi) is 8.00. The van der Waals surface area contributed by atoms with Gasteiger partial charge in [0.2, 0.25) is 0 Å². The van der Waals surface area contributed by atoms with E-state index in [9.17, 15) is 10.1 Å². The number of Topliss-reactive ketones (excluding diaryl/α,β-unsaturated/α-hetero) is 1. The highest BCUT2D eigenvalue weighted by Crippen LogP contribution is 2.51. The van der Waals surface area contributed by atoms with Crippen LogP contribution in [-0.2, 0) is 11.4 Å². The van der Waals surface area contributed by atoms with Crippen LogP contribution in [0.2, 0.25) is 10.0 Å². The van der Waals surface area contributed by atoms with Gasteiger partial charge in [0.05, 0.1) is 27.6 Å². The number of hydrogen-bond acceptors (Lipinski definition) is 5. The van der Waals surface area contributed by atoms with Crippen LogP contribution in [0.1, 0.15) is 54.9 Å². The third kappa shape index (κ3) is 5.64. The minimum atomic E-state index is -0.594. The van der Waals surface area contributed by atoms with E-state index >= 15 is 0 Å². The summed E-state index contributed by atoms with van der Waals surface area (Å²) in [5.41, 5.74) is 12.8. The highest BCUT2D eigenvalue weighted by Gasteiger charge is 2.45. The second-order valence-corrected chi connectivity index (χ2v) is 13.2. The van der Waals surface area contributed by atoms with Gasteiger partial charge in [-0.1, -0.05) is 70.7 Å². The fraction of sp³-hybridized carbons (Fsp3) is 0.273. The summed E-state index contributed by atoms with van der Waals surface area (Å²) < 4.78 is 7.09. The van der Waals surface area contributed by atoms with E-state index in [-0.39, 0.29) is 17.0 Å². The lowest BCUT2D eigenvalue weighted by Gasteiger charge is -2.44. The number of allylic oxidation sites excluding steroid dienone is 3. The highest BCUT2D eigenvalue weighted by atomic mass is 79.9. The number of ketones is 1. The Morgan fingerprint density at radius 1 is 1.07 bits per heavy atom. The van der Waals surface area contributed by atoms with Gasteiger partial charge in [-0.3, -0.25) is 9.69 Å². The number of anilines is 1. The standard InChI is InChI=1S/C33H30BrCl2N3O2/c1-18-11-20(17-41-23-8-5-21(34)6-9-23)19(2)24(12-18)30-25(16-37)32(38)39(22-7-10-26(35)27(36)13-22)28-14-33(3,4)15-29(40)31(28)30/h5-13,30H,14-15,17,38H2,1-4H3. The van der Waals surface area contributed by atoms with Crippen LogP contribution in [-0.4, -0.2) is 5.78 Å². The third-order valence-electron chi connectivity index (χ3n) is 7.76. The predicted molar refractivity (Wildman–Crippen MR) is 168 cm³/mol. The Bertz CT molecular complexity index is 1670. The van der Waals surface area contributed by atoms with Gasteiger partial charge in [-0.2, -0.15) is 5.26 Å². The maximum absolute atomic E-state index is 14.0. The Labute approximate surface area is 259 Å². The predicted octanol–water partition coefficient (Wildman–Crippen LogP) is 8.89. The van der Waals surface area contributed by atoms with Crippen molar-refractivity contribution in [2.75, 3.05) is 4.90 Å². The topological polar surface area (TPSA) is 79.3 Å². The summed E-state index contributed by atoms with van der Waals surface area (Å²) in [6, 6.07) is 19.4. The SMILES string of the molecule is Cc1cc(COc2ccc(Br)cc2)c(C)c(C2C(C#N)=C(N)N(c3ccc(Cl)c(Cl)c3)C3=C2C(=O)CC(C)(C)C3)c1. The number of nitriles is 1. The molecule has 2 aliphatic rings. The van der Waals surface area contributed by atoms with Gasteiger partial charge in [-0.25, -0.2) is 0 Å². The molecule has 1 aliphatic heterocycles. The number of aryl methyl sites for hydroxylation is 1. The van der Waals surface area contributed by atoms with Crippen molar-refractivity contribution in [1.29, 1.82) is 5.26 Å². The van der Waals surface area contributed by atoms with Crippen molar-refractivity contribution in [2.24, 2.45) is 11.1 Å². The van der Waals surface area contributed by atoms with Crippen molar-refractivity contribution in [1.82, 2.24) is 0 Å². The van der Waals surface area contributed by atoms with Crippen LogP contribution in [0.5, 0.6) is 5.75 Å². The lowest BCUT2D eigenvalue weighted by atomic mass is 9.68. The minimum Gasteiger partial charge on any atom is -0.489 e. The maximum Gasteiger partial charge on any atom is 0.162 e. The molecular formula is C33H30BrCl2N3O2. The smallest absolute Gasteiger partial charge is 0.162 e. The average Bonchev–Trinajstić information content (AvgIpc) is 2.90. The summed E-state index contributed by atoms with van der Waals surface area (Å²) in [5.74, 6) is 0.458. The maximum atomic E-state index is 14.0. The van der Waals surface area contributed by atoms with Gasteiger partial charge >= 0.3 is 0 Å². The molecule has 5 nitrogen and oxygen atoms in total. The molecule has 2 N–H and O–H groups in total. The number of halogens is 3. The fourth-order valence-electron chi connectivity index (χ4n) is 5.84. The van der Waals surface area contributed by atoms with Gasteiger partial charge in [0.15, 0.2) is 5.78 Å². The van der Waals surface area contributed by atoms with Crippen LogP contribution >= 0.6 is 39.1 Å². The lowest BCUT2D eigenvalue weighted by molar-refractivity contribution is -0.118. The zero-order valence-electron chi connectivity index (χ0n) is 23.3. The van der Waals surface area contributed by atoms with Crippen molar-refractivity contribution in [3.05, 3.63) is 114 Å². The average molecular weight is 651 g/mol. The van der Waals surface area contributed by atoms with Gasteiger partial charge in [0, 0.05) is 27.9 Å². The first kappa shape index (κ1) is 29.3. The van der Waals surface area contributed by atoms with E-state index in [0.717, 1.165) is 38.2 Å². The molecule has 210 valence electrons. The molecular weight excluding hydrogens is 621 g/mol. The number of nitrogens with zero attached hydrogens (tertiary/aromatic N) is 2. The van der Waals surface area contributed by atoms with Crippen LogP contribution in [0, 0.1) is 30.6 Å². The van der Waals surface area contributed by atoms with Gasteiger partial charge in [0.1, 0.15) is 18.2 Å². The van der Waals surface area contributed by atoms with E-state index in [1.54, 1.807) is 12.1 Å². The van der Waals surface area contributed by atoms with Crippen LogP contribution in [0.15, 0.2) is 81.7 Å². The quantitative estimate of drug-likeness (QED) is 0.298. The largest absolute Gasteiger partial charge is 0.489 e. The zero-order chi connectivity index (χ0) is 29.6. The monoisotopic (exact) mass is 649 g/mol. The summed E-state index contributed by atoms with van der Waals surface area (Å²) >= 11 is 16.1. The molecule has 0 aromatic heterocycles. The molecule has 1 aliphatic carbocycles. The molecule has 1 unspecified atom stereocenters. The van der Waals surface area contributed by atoms with Crippen molar-refractivity contribution in [3.63, 3.8) is 0 Å². The summed E-state index contributed by atoms with van der Waals surface area (Å²) in [7, 11) is 0. The number of ether oxygens (including phenoxy) is 1. The van der Waals surface area contributed by atoms with E-state index < -0.39 is 5.92 Å². The number of carbonyl (C=O) groups excluding carboxylic acids is 1. The van der Waals surface area contributed by atoms with Gasteiger partial charge in [0.25, 0.3) is 0 Å². The first-order valence-corrected chi connectivity index (χ1v) is 14.8. The Morgan fingerprint density at radius 2 is 1.78 bits per heavy atom. The summed E-state index contributed by atoms with van der Waals surface area (Å²) in [4.78, 5) is 15.8. The normalized spacial score (nSPS) is 18.3. The van der Waals surface area contributed by atoms with E-state index in [1.807, 2.05) is 49.1 Å². The highest BCUT2D eigenvalue weighted by molar-refractivity contribution is 9.10. The Morgan fingerprint density at radius 3 is 2.44 bits per heavy atom. The number of carbonyl (C=O) groups is 1. The molecule has 0 fully saturated rings. The summed E-state index contributed by atoms with van der Waals surface area (Å²) in [5, 5.41) is 11.3. The second-order valence-electron chi connectivity index (χ2n) is 11.5. The molecule has 1 atom stereocenters. The van der Waals surface area contributed by atoms with E-state index in [4.69, 9.17) is 33.7 Å². The van der Waals surface area contributed by atoms with Crippen LogP contribution in [0.3, 0.4) is 0 Å². The van der Waals surface area contributed by atoms with Gasteiger partial charge < -0.3 is 10.5 Å². The van der Waals surface area contributed by atoms with Crippen molar-refractivity contribution in [3.8, 4) is 11.8 Å². The van der Waals surface area contributed by atoms with Crippen LogP contribution < -0.4 is 15.4 Å². The molecule has 0 saturated heterocycles. The number of nitrogens with two attached hydrogens (primary N) is 1. The van der Waals surface area contributed by atoms with Gasteiger partial charge in [-0.15, -0.1) is 0 Å². The first-order valence-electron chi connectivity index (χ1n) is 13.3. The van der Waals surface area contributed by atoms with E-state index in [2.05, 4.69) is 48.0 Å². The number of rotatable bonds is 5. The number of benzene rings is 3. The van der Waals surface area contributed by atoms with E-state index in [1.165, 1.54) is 0 Å². The molecule has 5 rings (SSSR count). The second kappa shape index (κ2) is 11.2. The Hall–Kier alpha value is -3.24. The molecule has 0 saturated carbocycles. The fourth-order valence-corrected chi connectivity index (χ4v) is 6.40. The molecule has 0 radical (unpaired) electrons. The van der Waals surface area contributed by atoms with E-state index in [0.29, 0.717) is 46.3 Å². The molecule has 8 heteroatoms. The van der Waals surface area contributed by atoms with Crippen LogP contribution in [0.25, 0.3) is 0 Å². The van der Waals surface area contributed by atoms with Crippen LogP contribution in [0.4, 0.5) is 5.69 Å². The zero-order valence-corrected chi connectivity index (χ0v) is 26.4. The summed E-state index contributed by atoms with van der Waals surface area (Å²) in [6.45, 7) is 8.52. The van der Waals surface area contributed by atoms with Crippen molar-refractivity contribution >= 4 is 50.6 Å². The molecule has 0 spiro atoms. The molecule has 0 amide bonds. The molecule has 41 heavy (non-hydrogen) atoms. The van der Waals surface area contributed by atoms with Crippen molar-refractivity contribution < 1.29 is 9.53 Å². The molecule has 0 bridgehead atoms. The lowest BCUT2D eigenvalue weighted by Crippen LogP contribution is -2.42. The third-order valence-corrected chi connectivity index (χ3v) is 9.03. The molecule has 3 aromatic carbocycles. The molecule has 1 heterocycles.